The van der Waals surface area contributed by atoms with E-state index in [1.165, 1.54) is 6.08 Å². The molecule has 0 aliphatic heterocycles. The number of nitrogens with one attached hydrogen (secondary N) is 2. The van der Waals surface area contributed by atoms with Crippen LogP contribution in [-0.2, 0) is 9.47 Å². The molecule has 0 aromatic carbocycles. The van der Waals surface area contributed by atoms with Gasteiger partial charge in [0.15, 0.2) is 0 Å². The van der Waals surface area contributed by atoms with Crippen LogP contribution in [0.4, 0.5) is 0 Å². The Hall–Kier alpha value is -1.24. The first-order chi connectivity index (χ1) is 7.69. The molecule has 1 rings (SSSR count). The average molecular weight is 228 g/mol. The second-order valence-electron chi connectivity index (χ2n) is 3.30. The molecule has 0 aromatic rings. The summed E-state index contributed by atoms with van der Waals surface area (Å²) in [6, 6.07) is 0. The lowest BCUT2D eigenvalue weighted by Crippen LogP contribution is -2.31. The van der Waals surface area contributed by atoms with E-state index in [9.17, 15) is 0 Å². The van der Waals surface area contributed by atoms with Crippen molar-refractivity contribution in [2.24, 2.45) is 0 Å². The number of aliphatic hydroxyl groups is 2. The van der Waals surface area contributed by atoms with Gasteiger partial charge in [-0.2, -0.15) is 0 Å². The fraction of sp³-hybridized carbons (Fsp3) is 0.600. The normalized spacial score (nSPS) is 20.9. The fourth-order valence-electron chi connectivity index (χ4n) is 1.34. The molecule has 16 heavy (non-hydrogen) atoms. The third-order valence-electron chi connectivity index (χ3n) is 2.05. The van der Waals surface area contributed by atoms with Gasteiger partial charge in [-0.25, -0.2) is 0 Å². The summed E-state index contributed by atoms with van der Waals surface area (Å²) in [5.74, 6) is 0.341. The molecule has 1 unspecified atom stereocenters. The first-order valence-electron chi connectivity index (χ1n) is 5.02. The van der Waals surface area contributed by atoms with Gasteiger partial charge in [0.2, 0.25) is 0 Å². The lowest BCUT2D eigenvalue weighted by atomic mass is 9.99. The van der Waals surface area contributed by atoms with Crippen molar-refractivity contribution in [2.75, 3.05) is 26.4 Å². The van der Waals surface area contributed by atoms with E-state index in [0.717, 1.165) is 0 Å². The van der Waals surface area contributed by atoms with E-state index >= 15 is 0 Å². The van der Waals surface area contributed by atoms with E-state index in [2.05, 4.69) is 0 Å². The lowest BCUT2D eigenvalue weighted by molar-refractivity contribution is 0.0808. The zero-order valence-corrected chi connectivity index (χ0v) is 8.90. The summed E-state index contributed by atoms with van der Waals surface area (Å²) >= 11 is 0. The van der Waals surface area contributed by atoms with Crippen molar-refractivity contribution in [1.82, 2.24) is 0 Å². The molecule has 0 amide bonds. The van der Waals surface area contributed by atoms with Crippen molar-refractivity contribution in [2.45, 2.75) is 12.5 Å². The van der Waals surface area contributed by atoms with E-state index in [-0.39, 0.29) is 44.3 Å². The molecule has 0 radical (unpaired) electrons. The van der Waals surface area contributed by atoms with Gasteiger partial charge >= 0.3 is 0 Å². The van der Waals surface area contributed by atoms with Crippen LogP contribution in [0.25, 0.3) is 0 Å². The Balaban J connectivity index is 2.64. The van der Waals surface area contributed by atoms with Gasteiger partial charge in [-0.3, -0.25) is 0 Å². The van der Waals surface area contributed by atoms with Gasteiger partial charge < -0.3 is 30.5 Å². The Morgan fingerprint density at radius 1 is 1.25 bits per heavy atom. The summed E-state index contributed by atoms with van der Waals surface area (Å²) in [6.07, 6.45) is 1.15. The number of ether oxygens (including phenoxy) is 2. The zero-order chi connectivity index (χ0) is 12.0. The molecule has 6 nitrogen and oxygen atoms in total. The van der Waals surface area contributed by atoms with Crippen molar-refractivity contribution in [3.05, 3.63) is 11.8 Å². The molecule has 90 valence electrons. The first-order valence-corrected chi connectivity index (χ1v) is 5.02. The maximum Gasteiger partial charge on any atom is 0.139 e. The third kappa shape index (κ3) is 3.41. The minimum atomic E-state index is -0.546. The second kappa shape index (κ2) is 6.37. The number of allylic oxidation sites excluding steroid dienone is 1. The number of hydrogen-bond acceptors (Lipinski definition) is 6. The highest BCUT2D eigenvalue weighted by Gasteiger charge is 2.24. The standard InChI is InChI=1S/C10H16N2O4/c11-7-5-8(12)10(16-4-2-14)6-9(7)15-3-1-13/h6,9,11-14H,1-5H2. The van der Waals surface area contributed by atoms with E-state index in [1.54, 1.807) is 0 Å². The van der Waals surface area contributed by atoms with Crippen LogP contribution in [0.15, 0.2) is 11.8 Å². The van der Waals surface area contributed by atoms with E-state index in [4.69, 9.17) is 30.5 Å². The van der Waals surface area contributed by atoms with Crippen LogP contribution in [0.3, 0.4) is 0 Å². The highest BCUT2D eigenvalue weighted by molar-refractivity contribution is 6.13. The third-order valence-corrected chi connectivity index (χ3v) is 2.05. The molecule has 4 N–H and O–H groups in total. The van der Waals surface area contributed by atoms with Gasteiger partial charge in [0.05, 0.1) is 25.5 Å². The first kappa shape index (κ1) is 12.8. The summed E-state index contributed by atoms with van der Waals surface area (Å²) in [6.45, 7) is 0.0323. The Bertz CT molecular complexity index is 301. The largest absolute Gasteiger partial charge is 0.490 e. The van der Waals surface area contributed by atoms with Crippen LogP contribution in [-0.4, -0.2) is 54.2 Å². The summed E-state index contributed by atoms with van der Waals surface area (Å²) in [5, 5.41) is 32.5. The van der Waals surface area contributed by atoms with E-state index in [0.29, 0.717) is 5.76 Å². The number of hydrogen-bond donors (Lipinski definition) is 4. The number of aliphatic hydroxyl groups excluding tert-OH is 2. The van der Waals surface area contributed by atoms with Crippen molar-refractivity contribution in [3.63, 3.8) is 0 Å². The summed E-state index contributed by atoms with van der Waals surface area (Å²) in [5.41, 5.74) is 0.483. The van der Waals surface area contributed by atoms with Crippen LogP contribution in [0.1, 0.15) is 6.42 Å². The Morgan fingerprint density at radius 3 is 2.56 bits per heavy atom. The van der Waals surface area contributed by atoms with Gasteiger partial charge in [0.25, 0.3) is 0 Å². The molecule has 0 heterocycles. The van der Waals surface area contributed by atoms with E-state index in [1.807, 2.05) is 0 Å². The van der Waals surface area contributed by atoms with Crippen LogP contribution in [0.5, 0.6) is 0 Å². The predicted octanol–water partition coefficient (Wildman–Crippen LogP) is -0.300. The second-order valence-corrected chi connectivity index (χ2v) is 3.30. The molecule has 0 aromatic heterocycles. The Morgan fingerprint density at radius 2 is 1.94 bits per heavy atom. The monoisotopic (exact) mass is 228 g/mol. The van der Waals surface area contributed by atoms with Crippen LogP contribution in [0.2, 0.25) is 0 Å². The molecule has 1 aliphatic rings. The molecule has 0 saturated heterocycles. The SMILES string of the molecule is N=C1CC(=N)C(OCCO)C=C1OCCO. The number of rotatable bonds is 6. The molecule has 6 heteroatoms. The lowest BCUT2D eigenvalue weighted by Gasteiger charge is -2.23. The van der Waals surface area contributed by atoms with Gasteiger partial charge in [-0.05, 0) is 6.08 Å². The van der Waals surface area contributed by atoms with Crippen LogP contribution >= 0.6 is 0 Å². The van der Waals surface area contributed by atoms with Gasteiger partial charge in [-0.1, -0.05) is 0 Å². The fourth-order valence-corrected chi connectivity index (χ4v) is 1.34. The predicted molar refractivity (Wildman–Crippen MR) is 58.0 cm³/mol. The summed E-state index contributed by atoms with van der Waals surface area (Å²) in [7, 11) is 0. The molecule has 0 fully saturated rings. The summed E-state index contributed by atoms with van der Waals surface area (Å²) in [4.78, 5) is 0. The van der Waals surface area contributed by atoms with Crippen molar-refractivity contribution >= 4 is 11.4 Å². The zero-order valence-electron chi connectivity index (χ0n) is 8.90. The minimum absolute atomic E-state index is 0.109. The van der Waals surface area contributed by atoms with Crippen molar-refractivity contribution in [1.29, 1.82) is 10.8 Å². The molecule has 1 atom stereocenters. The van der Waals surface area contributed by atoms with Crippen LogP contribution in [0, 0.1) is 10.8 Å². The molecule has 0 bridgehead atoms. The molecule has 0 spiro atoms. The Labute approximate surface area is 93.5 Å². The highest BCUT2D eigenvalue weighted by atomic mass is 16.5. The topological polar surface area (TPSA) is 107 Å². The van der Waals surface area contributed by atoms with E-state index < -0.39 is 6.10 Å². The van der Waals surface area contributed by atoms with Crippen LogP contribution < -0.4 is 0 Å². The van der Waals surface area contributed by atoms with Gasteiger partial charge in [0.1, 0.15) is 18.5 Å². The Kier molecular flexibility index (Phi) is 5.10. The molecular formula is C10H16N2O4. The minimum Gasteiger partial charge on any atom is -0.490 e. The van der Waals surface area contributed by atoms with Crippen molar-refractivity contribution in [3.8, 4) is 0 Å². The quantitative estimate of drug-likeness (QED) is 0.500. The molecular weight excluding hydrogens is 212 g/mol. The maximum absolute atomic E-state index is 8.62. The molecule has 0 saturated carbocycles. The summed E-state index contributed by atoms with van der Waals surface area (Å²) < 4.78 is 10.4. The highest BCUT2D eigenvalue weighted by Crippen LogP contribution is 2.16. The smallest absolute Gasteiger partial charge is 0.139 e. The maximum atomic E-state index is 8.62. The molecule has 1 aliphatic carbocycles. The average Bonchev–Trinajstić information content (AvgIpc) is 2.26. The van der Waals surface area contributed by atoms with Gasteiger partial charge in [0, 0.05) is 12.1 Å². The van der Waals surface area contributed by atoms with Crippen molar-refractivity contribution < 1.29 is 19.7 Å². The van der Waals surface area contributed by atoms with Gasteiger partial charge in [-0.15, -0.1) is 0 Å².